The van der Waals surface area contributed by atoms with Crippen LogP contribution in [0.15, 0.2) is 0 Å². The Labute approximate surface area is 112 Å². The zero-order valence-corrected chi connectivity index (χ0v) is 11.7. The largest absolute Gasteiger partial charge is 0.481 e. The molecule has 0 aromatic rings. The molecule has 1 atom stereocenters. The zero-order valence-electron chi connectivity index (χ0n) is 11.7. The maximum Gasteiger partial charge on any atom is 0.326 e. The normalized spacial score (nSPS) is 12.9. The Bertz CT molecular complexity index is 352. The third kappa shape index (κ3) is 6.64. The Morgan fingerprint density at radius 2 is 1.68 bits per heavy atom. The topological polar surface area (TPSA) is 116 Å². The van der Waals surface area contributed by atoms with Crippen molar-refractivity contribution >= 4 is 18.0 Å². The Morgan fingerprint density at radius 1 is 1.16 bits per heavy atom. The van der Waals surface area contributed by atoms with Gasteiger partial charge in [0.25, 0.3) is 0 Å². The number of rotatable bonds is 7. The number of urea groups is 1. The lowest BCUT2D eigenvalue weighted by atomic mass is 9.81. The van der Waals surface area contributed by atoms with E-state index in [1.54, 1.807) is 0 Å². The summed E-state index contributed by atoms with van der Waals surface area (Å²) in [5, 5.41) is 22.0. The summed E-state index contributed by atoms with van der Waals surface area (Å²) >= 11 is 0. The summed E-state index contributed by atoms with van der Waals surface area (Å²) in [6.07, 6.45) is -0.656. The van der Waals surface area contributed by atoms with E-state index >= 15 is 0 Å². The second-order valence-electron chi connectivity index (χ2n) is 5.46. The fourth-order valence-electron chi connectivity index (χ4n) is 1.10. The van der Waals surface area contributed by atoms with Crippen LogP contribution in [-0.2, 0) is 9.59 Å². The molecular weight excluding hydrogens is 252 g/mol. The molecule has 1 unspecified atom stereocenters. The molecule has 0 radical (unpaired) electrons. The average Bonchev–Trinajstić information content (AvgIpc) is 2.24. The van der Waals surface area contributed by atoms with E-state index < -0.39 is 30.4 Å². The zero-order chi connectivity index (χ0) is 15.2. The van der Waals surface area contributed by atoms with Crippen molar-refractivity contribution in [1.82, 2.24) is 10.6 Å². The van der Waals surface area contributed by atoms with Crippen molar-refractivity contribution in [3.05, 3.63) is 0 Å². The third-order valence-electron chi connectivity index (χ3n) is 3.25. The molecule has 0 aliphatic carbocycles. The quantitative estimate of drug-likeness (QED) is 0.550. The van der Waals surface area contributed by atoms with Gasteiger partial charge in [-0.15, -0.1) is 0 Å². The Hall–Kier alpha value is -1.79. The molecule has 0 aliphatic rings. The van der Waals surface area contributed by atoms with Gasteiger partial charge < -0.3 is 20.8 Å². The summed E-state index contributed by atoms with van der Waals surface area (Å²) in [5.74, 6) is -2.32. The maximum absolute atomic E-state index is 11.5. The molecule has 4 N–H and O–H groups in total. The van der Waals surface area contributed by atoms with E-state index in [1.165, 1.54) is 0 Å². The maximum atomic E-state index is 11.5. The first kappa shape index (κ1) is 17.2. The summed E-state index contributed by atoms with van der Waals surface area (Å²) in [5.41, 5.74) is -0.136. The molecule has 0 saturated carbocycles. The van der Waals surface area contributed by atoms with Crippen molar-refractivity contribution in [3.8, 4) is 0 Å². The summed E-state index contributed by atoms with van der Waals surface area (Å²) < 4.78 is 0. The first-order valence-electron chi connectivity index (χ1n) is 6.05. The van der Waals surface area contributed by atoms with Gasteiger partial charge in [0.15, 0.2) is 0 Å². The molecular formula is C12H22N2O5. The van der Waals surface area contributed by atoms with Gasteiger partial charge in [0.05, 0.1) is 6.42 Å². The number of carbonyl (C=O) groups is 3. The van der Waals surface area contributed by atoms with Crippen molar-refractivity contribution in [2.45, 2.75) is 40.2 Å². The van der Waals surface area contributed by atoms with Crippen LogP contribution in [0.3, 0.4) is 0 Å². The van der Waals surface area contributed by atoms with Crippen LogP contribution in [0.1, 0.15) is 34.1 Å². The van der Waals surface area contributed by atoms with E-state index in [4.69, 9.17) is 10.2 Å². The lowest BCUT2D eigenvalue weighted by molar-refractivity contribution is -0.145. The van der Waals surface area contributed by atoms with Crippen LogP contribution < -0.4 is 10.6 Å². The Morgan fingerprint density at radius 3 is 2.05 bits per heavy atom. The first-order valence-corrected chi connectivity index (χ1v) is 6.05. The molecule has 0 aromatic heterocycles. The third-order valence-corrected chi connectivity index (χ3v) is 3.25. The van der Waals surface area contributed by atoms with E-state index in [-0.39, 0.29) is 5.41 Å². The van der Waals surface area contributed by atoms with Crippen LogP contribution in [0, 0.1) is 11.3 Å². The number of amides is 2. The van der Waals surface area contributed by atoms with Gasteiger partial charge in [0, 0.05) is 6.54 Å². The molecule has 110 valence electrons. The lowest BCUT2D eigenvalue weighted by Crippen LogP contribution is -2.49. The predicted octanol–water partition coefficient (Wildman–Crippen LogP) is 0.896. The minimum atomic E-state index is -1.43. The molecule has 0 aliphatic heterocycles. The fourth-order valence-corrected chi connectivity index (χ4v) is 1.10. The van der Waals surface area contributed by atoms with Gasteiger partial charge in [-0.3, -0.25) is 4.79 Å². The highest BCUT2D eigenvalue weighted by Crippen LogP contribution is 2.24. The van der Waals surface area contributed by atoms with Crippen molar-refractivity contribution < 1.29 is 24.6 Å². The standard InChI is InChI=1S/C12H22N2O5/c1-7(2)12(3,4)6-13-11(19)14-8(10(17)18)5-9(15)16/h7-8H,5-6H2,1-4H3,(H,15,16)(H,17,18)(H2,13,14,19). The van der Waals surface area contributed by atoms with E-state index in [9.17, 15) is 14.4 Å². The van der Waals surface area contributed by atoms with Crippen LogP contribution in [0.2, 0.25) is 0 Å². The Balaban J connectivity index is 4.36. The Kier molecular flexibility index (Phi) is 6.31. The number of carboxylic acid groups (broad SMARTS) is 2. The number of nitrogens with one attached hydrogen (secondary N) is 2. The molecule has 0 saturated heterocycles. The number of carbonyl (C=O) groups excluding carboxylic acids is 1. The predicted molar refractivity (Wildman–Crippen MR) is 68.8 cm³/mol. The van der Waals surface area contributed by atoms with Crippen LogP contribution in [0.5, 0.6) is 0 Å². The molecule has 0 spiro atoms. The fraction of sp³-hybridized carbons (Fsp3) is 0.750. The summed E-state index contributed by atoms with van der Waals surface area (Å²) in [6.45, 7) is 8.36. The van der Waals surface area contributed by atoms with Gasteiger partial charge in [0.1, 0.15) is 6.04 Å². The number of hydrogen-bond donors (Lipinski definition) is 4. The van der Waals surface area contributed by atoms with E-state index in [0.29, 0.717) is 12.5 Å². The number of hydrogen-bond acceptors (Lipinski definition) is 3. The van der Waals surface area contributed by atoms with Gasteiger partial charge >= 0.3 is 18.0 Å². The molecule has 0 rings (SSSR count). The highest BCUT2D eigenvalue weighted by molar-refractivity contribution is 5.86. The van der Waals surface area contributed by atoms with Gasteiger partial charge in [-0.05, 0) is 11.3 Å². The molecule has 2 amide bonds. The molecule has 0 fully saturated rings. The molecule has 0 bridgehead atoms. The summed E-state index contributed by atoms with van der Waals surface area (Å²) in [6, 6.07) is -2.11. The van der Waals surface area contributed by atoms with Crippen molar-refractivity contribution in [2.24, 2.45) is 11.3 Å². The molecule has 0 aromatic carbocycles. The smallest absolute Gasteiger partial charge is 0.326 e. The van der Waals surface area contributed by atoms with Gasteiger partial charge in [-0.25, -0.2) is 9.59 Å². The highest BCUT2D eigenvalue weighted by atomic mass is 16.4. The molecule has 19 heavy (non-hydrogen) atoms. The van der Waals surface area contributed by atoms with Gasteiger partial charge in [-0.2, -0.15) is 0 Å². The van der Waals surface area contributed by atoms with Crippen LogP contribution in [-0.4, -0.2) is 40.8 Å². The number of carboxylic acids is 2. The van der Waals surface area contributed by atoms with Crippen molar-refractivity contribution in [1.29, 1.82) is 0 Å². The average molecular weight is 274 g/mol. The van der Waals surface area contributed by atoms with Crippen LogP contribution in [0.25, 0.3) is 0 Å². The van der Waals surface area contributed by atoms with Crippen LogP contribution in [0.4, 0.5) is 4.79 Å². The number of aliphatic carboxylic acids is 2. The summed E-state index contributed by atoms with van der Waals surface area (Å²) in [4.78, 5) is 32.8. The molecule has 7 heteroatoms. The lowest BCUT2D eigenvalue weighted by Gasteiger charge is -2.29. The second kappa shape index (κ2) is 6.96. The minimum Gasteiger partial charge on any atom is -0.481 e. The molecule has 0 heterocycles. The highest BCUT2D eigenvalue weighted by Gasteiger charge is 2.26. The summed E-state index contributed by atoms with van der Waals surface area (Å²) in [7, 11) is 0. The van der Waals surface area contributed by atoms with E-state index in [2.05, 4.69) is 10.6 Å². The van der Waals surface area contributed by atoms with E-state index in [1.807, 2.05) is 27.7 Å². The van der Waals surface area contributed by atoms with Crippen molar-refractivity contribution in [2.75, 3.05) is 6.54 Å². The SMILES string of the molecule is CC(C)C(C)(C)CNC(=O)NC(CC(=O)O)C(=O)O. The second-order valence-corrected chi connectivity index (χ2v) is 5.46. The van der Waals surface area contributed by atoms with Gasteiger partial charge in [0.2, 0.25) is 0 Å². The van der Waals surface area contributed by atoms with Crippen molar-refractivity contribution in [3.63, 3.8) is 0 Å². The van der Waals surface area contributed by atoms with Gasteiger partial charge in [-0.1, -0.05) is 27.7 Å². The first-order chi connectivity index (χ1) is 8.56. The monoisotopic (exact) mass is 274 g/mol. The minimum absolute atomic E-state index is 0.136. The molecule has 7 nitrogen and oxygen atoms in total. The van der Waals surface area contributed by atoms with E-state index in [0.717, 1.165) is 0 Å². The van der Waals surface area contributed by atoms with Crippen LogP contribution >= 0.6 is 0 Å².